The molecule has 1 aliphatic heterocycles. The van der Waals surface area contributed by atoms with Crippen molar-refractivity contribution in [1.82, 2.24) is 4.90 Å². The van der Waals surface area contributed by atoms with E-state index in [1.807, 2.05) is 0 Å². The molecule has 0 aliphatic carbocycles. The molecule has 0 saturated carbocycles. The third kappa shape index (κ3) is 2.71. The number of hydrogen-bond donors (Lipinski definition) is 0. The summed E-state index contributed by atoms with van der Waals surface area (Å²) in [7, 11) is 1.45. The lowest BCUT2D eigenvalue weighted by Gasteiger charge is -2.34. The molecule has 0 aromatic heterocycles. The molecule has 0 radical (unpaired) electrons. The van der Waals surface area contributed by atoms with Crippen molar-refractivity contribution in [1.29, 1.82) is 0 Å². The Morgan fingerprint density at radius 3 is 2.64 bits per heavy atom. The predicted octanol–water partition coefficient (Wildman–Crippen LogP) is 1.67. The molecule has 82 valence electrons. The van der Waals surface area contributed by atoms with Crippen molar-refractivity contribution in [3.8, 4) is 0 Å². The second kappa shape index (κ2) is 4.30. The third-order valence-electron chi connectivity index (χ3n) is 2.92. The highest BCUT2D eigenvalue weighted by Gasteiger charge is 2.34. The van der Waals surface area contributed by atoms with Crippen molar-refractivity contribution in [2.45, 2.75) is 39.7 Å². The number of carbonyl (C=O) groups is 1. The number of esters is 1. The van der Waals surface area contributed by atoms with Gasteiger partial charge in [-0.05, 0) is 24.8 Å². The van der Waals surface area contributed by atoms with E-state index in [-0.39, 0.29) is 11.4 Å². The van der Waals surface area contributed by atoms with Crippen LogP contribution in [0.15, 0.2) is 0 Å². The Kier molecular flexibility index (Phi) is 3.53. The highest BCUT2D eigenvalue weighted by molar-refractivity contribution is 5.71. The Hall–Kier alpha value is -0.570. The zero-order valence-electron chi connectivity index (χ0n) is 9.67. The highest BCUT2D eigenvalue weighted by Crippen LogP contribution is 2.32. The minimum Gasteiger partial charge on any atom is -0.468 e. The van der Waals surface area contributed by atoms with Gasteiger partial charge >= 0.3 is 5.97 Å². The topological polar surface area (TPSA) is 29.5 Å². The molecule has 1 aliphatic rings. The number of hydrogen-bond acceptors (Lipinski definition) is 3. The summed E-state index contributed by atoms with van der Waals surface area (Å²) in [5, 5.41) is 0. The largest absolute Gasteiger partial charge is 0.468 e. The SMILES string of the molecule is COC(=O)CN1CCCC1C(C)(C)C. The molecule has 3 nitrogen and oxygen atoms in total. The van der Waals surface area contributed by atoms with Gasteiger partial charge in [-0.1, -0.05) is 20.8 Å². The van der Waals surface area contributed by atoms with Crippen molar-refractivity contribution >= 4 is 5.97 Å². The van der Waals surface area contributed by atoms with Crippen molar-refractivity contribution in [3.05, 3.63) is 0 Å². The maximum absolute atomic E-state index is 11.2. The fourth-order valence-corrected chi connectivity index (χ4v) is 2.23. The summed E-state index contributed by atoms with van der Waals surface area (Å²) in [6.07, 6.45) is 2.39. The lowest BCUT2D eigenvalue weighted by atomic mass is 9.85. The van der Waals surface area contributed by atoms with Crippen LogP contribution in [0.25, 0.3) is 0 Å². The molecular weight excluding hydrogens is 178 g/mol. The second-order valence-electron chi connectivity index (χ2n) is 5.07. The van der Waals surface area contributed by atoms with Crippen LogP contribution in [0.3, 0.4) is 0 Å². The van der Waals surface area contributed by atoms with Crippen molar-refractivity contribution in [2.24, 2.45) is 5.41 Å². The summed E-state index contributed by atoms with van der Waals surface area (Å²) in [6.45, 7) is 8.16. The fourth-order valence-electron chi connectivity index (χ4n) is 2.23. The van der Waals surface area contributed by atoms with Crippen LogP contribution in [0.2, 0.25) is 0 Å². The van der Waals surface area contributed by atoms with Crippen LogP contribution in [0.1, 0.15) is 33.6 Å². The van der Waals surface area contributed by atoms with Crippen LogP contribution >= 0.6 is 0 Å². The molecule has 0 amide bonds. The van der Waals surface area contributed by atoms with Crippen LogP contribution in [0.5, 0.6) is 0 Å². The van der Waals surface area contributed by atoms with Gasteiger partial charge in [-0.25, -0.2) is 0 Å². The number of methoxy groups -OCH3 is 1. The number of nitrogens with zero attached hydrogens (tertiary/aromatic N) is 1. The van der Waals surface area contributed by atoms with Gasteiger partial charge in [0.15, 0.2) is 0 Å². The summed E-state index contributed by atoms with van der Waals surface area (Å²) >= 11 is 0. The first-order valence-electron chi connectivity index (χ1n) is 5.26. The number of carbonyl (C=O) groups excluding carboxylic acids is 1. The van der Waals surface area contributed by atoms with Gasteiger partial charge in [-0.2, -0.15) is 0 Å². The monoisotopic (exact) mass is 199 g/mol. The zero-order chi connectivity index (χ0) is 10.8. The van der Waals surface area contributed by atoms with Crippen molar-refractivity contribution < 1.29 is 9.53 Å². The van der Waals surface area contributed by atoms with E-state index in [0.717, 1.165) is 6.54 Å². The molecule has 0 N–H and O–H groups in total. The molecule has 1 unspecified atom stereocenters. The van der Waals surface area contributed by atoms with Gasteiger partial charge in [0.25, 0.3) is 0 Å². The molecule has 0 spiro atoms. The van der Waals surface area contributed by atoms with Gasteiger partial charge in [0, 0.05) is 6.04 Å². The second-order valence-corrected chi connectivity index (χ2v) is 5.07. The molecule has 14 heavy (non-hydrogen) atoms. The molecule has 1 saturated heterocycles. The fraction of sp³-hybridized carbons (Fsp3) is 0.909. The van der Waals surface area contributed by atoms with E-state index in [9.17, 15) is 4.79 Å². The third-order valence-corrected chi connectivity index (χ3v) is 2.92. The highest BCUT2D eigenvalue weighted by atomic mass is 16.5. The maximum atomic E-state index is 11.2. The lowest BCUT2D eigenvalue weighted by Crippen LogP contribution is -2.42. The molecule has 1 atom stereocenters. The van der Waals surface area contributed by atoms with E-state index in [1.165, 1.54) is 20.0 Å². The molecule has 1 fully saturated rings. The van der Waals surface area contributed by atoms with E-state index < -0.39 is 0 Å². The van der Waals surface area contributed by atoms with Gasteiger partial charge < -0.3 is 4.74 Å². The Labute approximate surface area is 86.4 Å². The lowest BCUT2D eigenvalue weighted by molar-refractivity contribution is -0.142. The molecule has 1 heterocycles. The first kappa shape index (κ1) is 11.5. The average Bonchev–Trinajstić information content (AvgIpc) is 2.51. The number of ether oxygens (including phenoxy) is 1. The predicted molar refractivity (Wildman–Crippen MR) is 56.1 cm³/mol. The zero-order valence-corrected chi connectivity index (χ0v) is 9.67. The summed E-state index contributed by atoms with van der Waals surface area (Å²) in [4.78, 5) is 13.4. The minimum atomic E-state index is -0.124. The van der Waals surface area contributed by atoms with Crippen LogP contribution in [0, 0.1) is 5.41 Å². The minimum absolute atomic E-state index is 0.124. The summed E-state index contributed by atoms with van der Waals surface area (Å²) in [6, 6.07) is 0.515. The van der Waals surface area contributed by atoms with Crippen molar-refractivity contribution in [3.63, 3.8) is 0 Å². The van der Waals surface area contributed by atoms with Crippen LogP contribution < -0.4 is 0 Å². The molecule has 3 heteroatoms. The van der Waals surface area contributed by atoms with E-state index in [2.05, 4.69) is 25.7 Å². The van der Waals surface area contributed by atoms with E-state index in [4.69, 9.17) is 4.74 Å². The molecule has 0 bridgehead atoms. The van der Waals surface area contributed by atoms with Gasteiger partial charge in [0.2, 0.25) is 0 Å². The number of rotatable bonds is 2. The molecule has 0 aromatic carbocycles. The van der Waals surface area contributed by atoms with E-state index in [0.29, 0.717) is 12.6 Å². The standard InChI is InChI=1S/C11H21NO2/c1-11(2,3)9-6-5-7-12(9)8-10(13)14-4/h9H,5-8H2,1-4H3. The van der Waals surface area contributed by atoms with E-state index >= 15 is 0 Å². The average molecular weight is 199 g/mol. The summed E-state index contributed by atoms with van der Waals surface area (Å²) < 4.78 is 4.69. The molecule has 1 rings (SSSR count). The van der Waals surface area contributed by atoms with E-state index in [1.54, 1.807) is 0 Å². The molecule has 0 aromatic rings. The Balaban J connectivity index is 2.56. The van der Waals surface area contributed by atoms with Crippen LogP contribution in [-0.2, 0) is 9.53 Å². The Morgan fingerprint density at radius 2 is 2.14 bits per heavy atom. The first-order chi connectivity index (χ1) is 6.45. The number of likely N-dealkylation sites (tertiary alicyclic amines) is 1. The van der Waals surface area contributed by atoms with Crippen molar-refractivity contribution in [2.75, 3.05) is 20.2 Å². The van der Waals surface area contributed by atoms with Gasteiger partial charge in [-0.3, -0.25) is 9.69 Å². The molecular formula is C11H21NO2. The summed E-state index contributed by atoms with van der Waals surface area (Å²) in [5.74, 6) is -0.124. The normalized spacial score (nSPS) is 23.9. The van der Waals surface area contributed by atoms with Gasteiger partial charge in [0.05, 0.1) is 13.7 Å². The first-order valence-corrected chi connectivity index (χ1v) is 5.26. The smallest absolute Gasteiger partial charge is 0.319 e. The van der Waals surface area contributed by atoms with Gasteiger partial charge in [-0.15, -0.1) is 0 Å². The van der Waals surface area contributed by atoms with Gasteiger partial charge in [0.1, 0.15) is 0 Å². The Morgan fingerprint density at radius 1 is 1.50 bits per heavy atom. The summed E-state index contributed by atoms with van der Waals surface area (Å²) in [5.41, 5.74) is 0.254. The maximum Gasteiger partial charge on any atom is 0.319 e. The van der Waals surface area contributed by atoms with Crippen LogP contribution in [0.4, 0.5) is 0 Å². The van der Waals surface area contributed by atoms with Crippen LogP contribution in [-0.4, -0.2) is 37.1 Å². The quantitative estimate of drug-likeness (QED) is 0.634. The Bertz CT molecular complexity index is 208.